The van der Waals surface area contributed by atoms with Crippen LogP contribution in [-0.2, 0) is 29.2 Å². The number of hydrogen-bond donors (Lipinski definition) is 1. The van der Waals surface area contributed by atoms with Crippen molar-refractivity contribution in [3.05, 3.63) is 71.4 Å². The van der Waals surface area contributed by atoms with Gasteiger partial charge in [0.25, 0.3) is 0 Å². The molecule has 192 valence electrons. The first-order valence-electron chi connectivity index (χ1n) is 12.8. The molecule has 1 atom stereocenters. The smallest absolute Gasteiger partial charge is 0.304 e. The Balaban J connectivity index is 1.48. The molecule has 2 aromatic carbocycles. The Morgan fingerprint density at radius 2 is 1.92 bits per heavy atom. The van der Waals surface area contributed by atoms with Crippen LogP contribution in [0.25, 0.3) is 10.9 Å². The van der Waals surface area contributed by atoms with Crippen LogP contribution in [0.1, 0.15) is 49.9 Å². The number of morpholine rings is 1. The minimum absolute atomic E-state index is 0.0716. The minimum atomic E-state index is -0.807. The Morgan fingerprint density at radius 1 is 1.17 bits per heavy atom. The molecule has 1 saturated heterocycles. The number of rotatable bonds is 11. The SMILES string of the molecule is CC=C[C@H](CC(=O)O)c1ccc(OCc2ccc3c(CN4CCOCC4)nn(CC(C)C)c3c2)cc1. The summed E-state index contributed by atoms with van der Waals surface area (Å²) in [6.07, 6.45) is 3.89. The maximum atomic E-state index is 11.2. The topological polar surface area (TPSA) is 76.8 Å². The number of carboxylic acid groups (broad SMARTS) is 1. The van der Waals surface area contributed by atoms with Gasteiger partial charge in [-0.05, 0) is 42.2 Å². The molecule has 4 rings (SSSR count). The number of nitrogens with zero attached hydrogens (tertiary/aromatic N) is 3. The lowest BCUT2D eigenvalue weighted by molar-refractivity contribution is -0.137. The van der Waals surface area contributed by atoms with Gasteiger partial charge in [0.2, 0.25) is 0 Å². The first-order valence-corrected chi connectivity index (χ1v) is 12.8. The van der Waals surface area contributed by atoms with Crippen molar-refractivity contribution in [1.29, 1.82) is 0 Å². The van der Waals surface area contributed by atoms with Crippen LogP contribution < -0.4 is 4.74 Å². The van der Waals surface area contributed by atoms with E-state index >= 15 is 0 Å². The van der Waals surface area contributed by atoms with Crippen molar-refractivity contribution < 1.29 is 19.4 Å². The molecule has 36 heavy (non-hydrogen) atoms. The summed E-state index contributed by atoms with van der Waals surface area (Å²) in [5.74, 6) is 0.308. The largest absolute Gasteiger partial charge is 0.489 e. The van der Waals surface area contributed by atoms with Gasteiger partial charge in [0.15, 0.2) is 0 Å². The summed E-state index contributed by atoms with van der Waals surface area (Å²) in [4.78, 5) is 13.6. The van der Waals surface area contributed by atoms with E-state index in [2.05, 4.69) is 41.6 Å². The molecule has 1 aliphatic rings. The third-order valence-electron chi connectivity index (χ3n) is 6.44. The summed E-state index contributed by atoms with van der Waals surface area (Å²) >= 11 is 0. The number of hydrogen-bond acceptors (Lipinski definition) is 5. The monoisotopic (exact) mass is 491 g/mol. The first kappa shape index (κ1) is 25.9. The summed E-state index contributed by atoms with van der Waals surface area (Å²) in [7, 11) is 0. The predicted octanol–water partition coefficient (Wildman–Crippen LogP) is 5.24. The van der Waals surface area contributed by atoms with E-state index < -0.39 is 5.97 Å². The Bertz CT molecular complexity index is 1180. The van der Waals surface area contributed by atoms with Gasteiger partial charge in [0.05, 0.1) is 30.8 Å². The molecule has 1 aromatic heterocycles. The van der Waals surface area contributed by atoms with Crippen molar-refractivity contribution in [3.63, 3.8) is 0 Å². The lowest BCUT2D eigenvalue weighted by atomic mass is 9.95. The van der Waals surface area contributed by atoms with Crippen LogP contribution in [0.5, 0.6) is 5.75 Å². The highest BCUT2D eigenvalue weighted by atomic mass is 16.5. The molecule has 7 heteroatoms. The molecule has 2 heterocycles. The van der Waals surface area contributed by atoms with Crippen molar-refractivity contribution in [2.24, 2.45) is 5.92 Å². The van der Waals surface area contributed by atoms with E-state index in [4.69, 9.17) is 14.6 Å². The lowest BCUT2D eigenvalue weighted by Gasteiger charge is -2.25. The Morgan fingerprint density at radius 3 is 2.58 bits per heavy atom. The third-order valence-corrected chi connectivity index (χ3v) is 6.44. The van der Waals surface area contributed by atoms with Crippen molar-refractivity contribution in [2.45, 2.75) is 52.8 Å². The van der Waals surface area contributed by atoms with E-state index in [0.29, 0.717) is 12.5 Å². The zero-order chi connectivity index (χ0) is 25.5. The first-order chi connectivity index (χ1) is 17.4. The summed E-state index contributed by atoms with van der Waals surface area (Å²) in [6.45, 7) is 11.9. The molecule has 0 spiro atoms. The van der Waals surface area contributed by atoms with Gasteiger partial charge in [-0.3, -0.25) is 14.4 Å². The molecular formula is C29H37N3O4. The molecule has 0 bridgehead atoms. The fourth-order valence-electron chi connectivity index (χ4n) is 4.65. The molecule has 7 nitrogen and oxygen atoms in total. The van der Waals surface area contributed by atoms with Crippen LogP contribution in [0.3, 0.4) is 0 Å². The molecular weight excluding hydrogens is 454 g/mol. The fraction of sp³-hybridized carbons (Fsp3) is 0.448. The van der Waals surface area contributed by atoms with E-state index in [-0.39, 0.29) is 12.3 Å². The van der Waals surface area contributed by atoms with Gasteiger partial charge in [0, 0.05) is 37.5 Å². The van der Waals surface area contributed by atoms with Crippen LogP contribution in [0, 0.1) is 5.92 Å². The fourth-order valence-corrected chi connectivity index (χ4v) is 4.65. The van der Waals surface area contributed by atoms with Crippen molar-refractivity contribution in [1.82, 2.24) is 14.7 Å². The van der Waals surface area contributed by atoms with E-state index in [0.717, 1.165) is 67.5 Å². The molecule has 0 amide bonds. The molecule has 0 radical (unpaired) electrons. The summed E-state index contributed by atoms with van der Waals surface area (Å²) < 4.78 is 13.7. The van der Waals surface area contributed by atoms with Crippen LogP contribution >= 0.6 is 0 Å². The Labute approximate surface area is 213 Å². The number of ether oxygens (including phenoxy) is 2. The number of benzene rings is 2. The van der Waals surface area contributed by atoms with Gasteiger partial charge >= 0.3 is 5.97 Å². The highest BCUT2D eigenvalue weighted by molar-refractivity contribution is 5.82. The van der Waals surface area contributed by atoms with Crippen molar-refractivity contribution in [3.8, 4) is 5.75 Å². The summed E-state index contributed by atoms with van der Waals surface area (Å²) in [6, 6.07) is 14.2. The maximum absolute atomic E-state index is 11.2. The second-order valence-electron chi connectivity index (χ2n) is 9.85. The van der Waals surface area contributed by atoms with E-state index in [1.807, 2.05) is 43.3 Å². The number of carboxylic acids is 1. The summed E-state index contributed by atoms with van der Waals surface area (Å²) in [5, 5.41) is 15.4. The highest BCUT2D eigenvalue weighted by Crippen LogP contribution is 2.26. The highest BCUT2D eigenvalue weighted by Gasteiger charge is 2.17. The van der Waals surface area contributed by atoms with Gasteiger partial charge in [-0.15, -0.1) is 0 Å². The third kappa shape index (κ3) is 6.74. The number of aliphatic carboxylic acids is 1. The van der Waals surface area contributed by atoms with Gasteiger partial charge in [-0.1, -0.05) is 50.3 Å². The molecule has 1 N–H and O–H groups in total. The predicted molar refractivity (Wildman–Crippen MR) is 141 cm³/mol. The average Bonchev–Trinajstić information content (AvgIpc) is 3.18. The second-order valence-corrected chi connectivity index (χ2v) is 9.85. The van der Waals surface area contributed by atoms with Gasteiger partial charge in [-0.2, -0.15) is 5.10 Å². The van der Waals surface area contributed by atoms with E-state index in [9.17, 15) is 9.90 Å². The zero-order valence-corrected chi connectivity index (χ0v) is 21.5. The summed E-state index contributed by atoms with van der Waals surface area (Å²) in [5.41, 5.74) is 4.32. The van der Waals surface area contributed by atoms with E-state index in [1.165, 1.54) is 5.39 Å². The normalized spacial score (nSPS) is 15.7. The lowest BCUT2D eigenvalue weighted by Crippen LogP contribution is -2.35. The van der Waals surface area contributed by atoms with Gasteiger partial charge in [0.1, 0.15) is 12.4 Å². The van der Waals surface area contributed by atoms with Crippen LogP contribution in [0.15, 0.2) is 54.6 Å². The average molecular weight is 492 g/mol. The number of allylic oxidation sites excluding steroid dienone is 2. The number of fused-ring (bicyclic) bond motifs is 1. The quantitative estimate of drug-likeness (QED) is 0.370. The zero-order valence-electron chi connectivity index (χ0n) is 21.5. The molecule has 3 aromatic rings. The van der Waals surface area contributed by atoms with Crippen LogP contribution in [-0.4, -0.2) is 52.1 Å². The molecule has 1 aliphatic heterocycles. The van der Waals surface area contributed by atoms with Crippen LogP contribution in [0.4, 0.5) is 0 Å². The standard InChI is InChI=1S/C29H37N3O4/c1-4-5-24(17-29(33)34)23-7-9-25(10-8-23)36-20-22-6-11-26-27(19-31-12-14-35-15-13-31)30-32(18-21(2)3)28(26)16-22/h4-11,16,21,24H,12-15,17-20H2,1-3H3,(H,33,34)/t24-/m1/s1. The number of aromatic nitrogens is 2. The second kappa shape index (κ2) is 12.2. The minimum Gasteiger partial charge on any atom is -0.489 e. The van der Waals surface area contributed by atoms with E-state index in [1.54, 1.807) is 0 Å². The molecule has 0 saturated carbocycles. The maximum Gasteiger partial charge on any atom is 0.304 e. The van der Waals surface area contributed by atoms with Crippen molar-refractivity contribution in [2.75, 3.05) is 26.3 Å². The van der Waals surface area contributed by atoms with Gasteiger partial charge < -0.3 is 14.6 Å². The Kier molecular flexibility index (Phi) is 8.78. The molecule has 0 aliphatic carbocycles. The van der Waals surface area contributed by atoms with Crippen LogP contribution in [0.2, 0.25) is 0 Å². The van der Waals surface area contributed by atoms with Gasteiger partial charge in [-0.25, -0.2) is 0 Å². The Hall–Kier alpha value is -3.16. The molecule has 0 unspecified atom stereocenters. The van der Waals surface area contributed by atoms with Crippen molar-refractivity contribution >= 4 is 16.9 Å². The number of carbonyl (C=O) groups is 1. The molecule has 1 fully saturated rings.